The van der Waals surface area contributed by atoms with Gasteiger partial charge in [-0.2, -0.15) is 5.10 Å². The quantitative estimate of drug-likeness (QED) is 0.804. The molecular formula is C13H10N2O5. The summed E-state index contributed by atoms with van der Waals surface area (Å²) in [6, 6.07) is 5.44. The Morgan fingerprint density at radius 3 is 2.60 bits per heavy atom. The Balaban J connectivity index is 2.33. The van der Waals surface area contributed by atoms with E-state index in [1.165, 1.54) is 12.1 Å². The van der Waals surface area contributed by atoms with Gasteiger partial charge in [0.05, 0.1) is 12.0 Å². The third-order valence-electron chi connectivity index (χ3n) is 3.23. The van der Waals surface area contributed by atoms with Crippen molar-refractivity contribution in [2.75, 3.05) is 6.61 Å². The lowest BCUT2D eigenvalue weighted by atomic mass is 10.1. The molecule has 1 fully saturated rings. The normalized spacial score (nSPS) is 18.2. The van der Waals surface area contributed by atoms with Gasteiger partial charge in [0.2, 0.25) is 0 Å². The second kappa shape index (κ2) is 4.44. The molecule has 1 saturated heterocycles. The molecule has 1 N–H and O–H groups in total. The Labute approximate surface area is 112 Å². The molecule has 2 aromatic rings. The number of aromatic carboxylic acids is 1. The van der Waals surface area contributed by atoms with Crippen molar-refractivity contribution in [2.45, 2.75) is 12.5 Å². The minimum atomic E-state index is -1.25. The molecule has 1 aromatic carbocycles. The van der Waals surface area contributed by atoms with Crippen LogP contribution in [-0.4, -0.2) is 33.4 Å². The van der Waals surface area contributed by atoms with Gasteiger partial charge in [-0.1, -0.05) is 18.2 Å². The van der Waals surface area contributed by atoms with Crippen molar-refractivity contribution < 1.29 is 19.4 Å². The minimum absolute atomic E-state index is 0.201. The second-order valence-electron chi connectivity index (χ2n) is 4.42. The molecule has 0 saturated carbocycles. The van der Waals surface area contributed by atoms with Crippen molar-refractivity contribution in [3.63, 3.8) is 0 Å². The molecule has 1 aromatic heterocycles. The van der Waals surface area contributed by atoms with Crippen LogP contribution in [-0.2, 0) is 9.53 Å². The highest BCUT2D eigenvalue weighted by Crippen LogP contribution is 2.20. The van der Waals surface area contributed by atoms with Gasteiger partial charge in [0.1, 0.15) is 0 Å². The molecule has 2 heterocycles. The van der Waals surface area contributed by atoms with Crippen LogP contribution in [0.1, 0.15) is 23.0 Å². The molecular weight excluding hydrogens is 264 g/mol. The Bertz CT molecular complexity index is 780. The Morgan fingerprint density at radius 1 is 1.30 bits per heavy atom. The number of hydrogen-bond donors (Lipinski definition) is 1. The zero-order valence-electron chi connectivity index (χ0n) is 10.3. The van der Waals surface area contributed by atoms with Crippen molar-refractivity contribution in [1.29, 1.82) is 0 Å². The standard InChI is InChI=1S/C13H10N2O5/c16-11-8-4-2-1-3-7(8)10(12(17)18)14-15(11)9-5-6-20-13(9)19/h1-4,9H,5-6H2,(H,17,18)/t9-/m0/s1. The van der Waals surface area contributed by atoms with E-state index in [1.807, 2.05) is 0 Å². The number of fused-ring (bicyclic) bond motifs is 1. The van der Waals surface area contributed by atoms with Gasteiger partial charge < -0.3 is 9.84 Å². The van der Waals surface area contributed by atoms with Crippen LogP contribution >= 0.6 is 0 Å². The lowest BCUT2D eigenvalue weighted by Crippen LogP contribution is -2.31. The number of carboxylic acids is 1. The number of cyclic esters (lactones) is 1. The van der Waals surface area contributed by atoms with E-state index in [9.17, 15) is 19.5 Å². The number of benzene rings is 1. The molecule has 0 spiro atoms. The van der Waals surface area contributed by atoms with E-state index in [1.54, 1.807) is 12.1 Å². The number of rotatable bonds is 2. The van der Waals surface area contributed by atoms with Crippen LogP contribution in [0.25, 0.3) is 10.8 Å². The van der Waals surface area contributed by atoms with Gasteiger partial charge in [-0.25, -0.2) is 14.3 Å². The summed E-state index contributed by atoms with van der Waals surface area (Å²) >= 11 is 0. The van der Waals surface area contributed by atoms with E-state index in [0.29, 0.717) is 6.42 Å². The highest BCUT2D eigenvalue weighted by Gasteiger charge is 2.31. The topological polar surface area (TPSA) is 98.5 Å². The number of nitrogens with zero attached hydrogens (tertiary/aromatic N) is 2. The summed E-state index contributed by atoms with van der Waals surface area (Å²) in [7, 11) is 0. The fourth-order valence-electron chi connectivity index (χ4n) is 2.28. The van der Waals surface area contributed by atoms with Crippen molar-refractivity contribution >= 4 is 22.7 Å². The van der Waals surface area contributed by atoms with Crippen LogP contribution in [0.3, 0.4) is 0 Å². The summed E-state index contributed by atoms with van der Waals surface area (Å²) in [6.07, 6.45) is 0.309. The van der Waals surface area contributed by atoms with Gasteiger partial charge in [-0.15, -0.1) is 0 Å². The maximum atomic E-state index is 12.3. The minimum Gasteiger partial charge on any atom is -0.476 e. The smallest absolute Gasteiger partial charge is 0.357 e. The fraction of sp³-hybridized carbons (Fsp3) is 0.231. The first-order valence-electron chi connectivity index (χ1n) is 6.01. The predicted molar refractivity (Wildman–Crippen MR) is 67.6 cm³/mol. The Morgan fingerprint density at radius 2 is 2.00 bits per heavy atom. The van der Waals surface area contributed by atoms with Crippen molar-refractivity contribution in [3.8, 4) is 0 Å². The molecule has 0 amide bonds. The maximum Gasteiger partial charge on any atom is 0.357 e. The van der Waals surface area contributed by atoms with E-state index < -0.39 is 23.5 Å². The summed E-state index contributed by atoms with van der Waals surface area (Å²) in [5.41, 5.74) is -0.741. The van der Waals surface area contributed by atoms with Gasteiger partial charge in [-0.05, 0) is 6.07 Å². The molecule has 7 heteroatoms. The average Bonchev–Trinajstić information content (AvgIpc) is 2.85. The third kappa shape index (κ3) is 1.75. The molecule has 0 unspecified atom stereocenters. The number of carbonyl (C=O) groups excluding carboxylic acids is 1. The van der Waals surface area contributed by atoms with Gasteiger partial charge in [0, 0.05) is 11.8 Å². The monoisotopic (exact) mass is 274 g/mol. The predicted octanol–water partition coefficient (Wildman–Crippen LogP) is 0.583. The van der Waals surface area contributed by atoms with Crippen LogP contribution in [0.2, 0.25) is 0 Å². The zero-order chi connectivity index (χ0) is 14.3. The van der Waals surface area contributed by atoms with E-state index in [-0.39, 0.29) is 23.1 Å². The summed E-state index contributed by atoms with van der Waals surface area (Å²) in [5.74, 6) is -1.81. The third-order valence-corrected chi connectivity index (χ3v) is 3.23. The molecule has 0 aliphatic carbocycles. The fourth-order valence-corrected chi connectivity index (χ4v) is 2.28. The summed E-state index contributed by atoms with van der Waals surface area (Å²) in [5, 5.41) is 13.5. The van der Waals surface area contributed by atoms with Crippen LogP contribution < -0.4 is 5.56 Å². The van der Waals surface area contributed by atoms with Gasteiger partial charge in [0.15, 0.2) is 11.7 Å². The molecule has 102 valence electrons. The van der Waals surface area contributed by atoms with Crippen molar-refractivity contribution in [2.24, 2.45) is 0 Å². The van der Waals surface area contributed by atoms with Crippen LogP contribution in [0.15, 0.2) is 29.1 Å². The zero-order valence-corrected chi connectivity index (χ0v) is 10.3. The first kappa shape index (κ1) is 12.3. The molecule has 1 aliphatic rings. The largest absolute Gasteiger partial charge is 0.476 e. The van der Waals surface area contributed by atoms with Crippen LogP contribution in [0.4, 0.5) is 0 Å². The highest BCUT2D eigenvalue weighted by molar-refractivity contribution is 6.01. The van der Waals surface area contributed by atoms with Gasteiger partial charge in [0.25, 0.3) is 5.56 Å². The first-order chi connectivity index (χ1) is 9.59. The van der Waals surface area contributed by atoms with Gasteiger partial charge >= 0.3 is 11.9 Å². The molecule has 1 atom stereocenters. The molecule has 0 radical (unpaired) electrons. The second-order valence-corrected chi connectivity index (χ2v) is 4.42. The molecule has 20 heavy (non-hydrogen) atoms. The molecule has 0 bridgehead atoms. The van der Waals surface area contributed by atoms with E-state index in [0.717, 1.165) is 4.68 Å². The maximum absolute atomic E-state index is 12.3. The summed E-state index contributed by atoms with van der Waals surface area (Å²) in [4.78, 5) is 35.2. The summed E-state index contributed by atoms with van der Waals surface area (Å²) < 4.78 is 5.72. The van der Waals surface area contributed by atoms with E-state index in [2.05, 4.69) is 5.10 Å². The lowest BCUT2D eigenvalue weighted by Gasteiger charge is -2.11. The highest BCUT2D eigenvalue weighted by atomic mass is 16.5. The summed E-state index contributed by atoms with van der Waals surface area (Å²) in [6.45, 7) is 0.201. The average molecular weight is 274 g/mol. The number of carbonyl (C=O) groups is 2. The number of aromatic nitrogens is 2. The molecule has 3 rings (SSSR count). The molecule has 1 aliphatic heterocycles. The van der Waals surface area contributed by atoms with Crippen LogP contribution in [0.5, 0.6) is 0 Å². The number of carboxylic acid groups (broad SMARTS) is 1. The lowest BCUT2D eigenvalue weighted by molar-refractivity contribution is -0.141. The van der Waals surface area contributed by atoms with Crippen molar-refractivity contribution in [3.05, 3.63) is 40.3 Å². The Hall–Kier alpha value is -2.70. The van der Waals surface area contributed by atoms with E-state index in [4.69, 9.17) is 4.74 Å². The van der Waals surface area contributed by atoms with Gasteiger partial charge in [-0.3, -0.25) is 4.79 Å². The number of ether oxygens (including phenoxy) is 1. The van der Waals surface area contributed by atoms with E-state index >= 15 is 0 Å². The van der Waals surface area contributed by atoms with Crippen molar-refractivity contribution in [1.82, 2.24) is 9.78 Å². The Kier molecular flexibility index (Phi) is 2.74. The SMILES string of the molecule is O=C(O)c1nn([C@H]2CCOC2=O)c(=O)c2ccccc12. The number of esters is 1. The first-order valence-corrected chi connectivity index (χ1v) is 6.01. The number of hydrogen-bond acceptors (Lipinski definition) is 5. The molecule has 7 nitrogen and oxygen atoms in total. The van der Waals surface area contributed by atoms with Crippen LogP contribution in [0, 0.1) is 0 Å².